The lowest BCUT2D eigenvalue weighted by Gasteiger charge is -2.09. The maximum absolute atomic E-state index is 12.3. The Kier molecular flexibility index (Phi) is 9.49. The number of hydrogen-bond acceptors (Lipinski definition) is 7. The zero-order valence-electron chi connectivity index (χ0n) is 19.6. The summed E-state index contributed by atoms with van der Waals surface area (Å²) in [6, 6.07) is 14.6. The number of amides is 2. The number of anilines is 1. The topological polar surface area (TPSA) is 107 Å². The maximum atomic E-state index is 12.3. The molecule has 0 unspecified atom stereocenters. The number of nitrogens with zero attached hydrogens (tertiary/aromatic N) is 3. The van der Waals surface area contributed by atoms with Gasteiger partial charge >= 0.3 is 0 Å². The van der Waals surface area contributed by atoms with Gasteiger partial charge in [-0.05, 0) is 35.9 Å². The first-order valence-electron chi connectivity index (χ1n) is 10.7. The molecule has 0 aliphatic heterocycles. The summed E-state index contributed by atoms with van der Waals surface area (Å²) in [5.74, 6) is 1.49. The van der Waals surface area contributed by atoms with Crippen LogP contribution in [0.1, 0.15) is 11.4 Å². The molecule has 0 aliphatic rings. The molecule has 182 valence electrons. The first kappa shape index (κ1) is 25.6. The number of carbonyl (C=O) groups is 2. The smallest absolute Gasteiger partial charge is 0.244 e. The van der Waals surface area contributed by atoms with Crippen molar-refractivity contribution in [1.82, 2.24) is 20.1 Å². The van der Waals surface area contributed by atoms with Crippen molar-refractivity contribution in [3.05, 3.63) is 78.6 Å². The average molecular weight is 494 g/mol. The minimum atomic E-state index is -0.288. The van der Waals surface area contributed by atoms with Crippen LogP contribution in [0.25, 0.3) is 6.08 Å². The third kappa shape index (κ3) is 7.47. The summed E-state index contributed by atoms with van der Waals surface area (Å²) in [4.78, 5) is 24.6. The highest BCUT2D eigenvalue weighted by Crippen LogP contribution is 2.28. The van der Waals surface area contributed by atoms with Crippen LogP contribution in [-0.2, 0) is 22.7 Å². The molecule has 0 fully saturated rings. The first-order valence-corrected chi connectivity index (χ1v) is 11.7. The van der Waals surface area contributed by atoms with Gasteiger partial charge in [-0.3, -0.25) is 9.59 Å². The van der Waals surface area contributed by atoms with Crippen LogP contribution >= 0.6 is 11.8 Å². The highest BCUT2D eigenvalue weighted by atomic mass is 32.2. The lowest BCUT2D eigenvalue weighted by atomic mass is 10.2. The molecule has 1 heterocycles. The van der Waals surface area contributed by atoms with E-state index < -0.39 is 0 Å². The SMILES string of the molecule is C=CCn1c(CNC(=O)C=Cc2ccc(OC)c(OC)c2)nnc1SCC(=O)Nc1ccccc1. The minimum Gasteiger partial charge on any atom is -0.493 e. The molecule has 0 aliphatic carbocycles. The van der Waals surface area contributed by atoms with Crippen molar-refractivity contribution in [3.8, 4) is 11.5 Å². The number of carbonyl (C=O) groups excluding carboxylic acids is 2. The van der Waals surface area contributed by atoms with Crippen molar-refractivity contribution in [3.63, 3.8) is 0 Å². The zero-order valence-corrected chi connectivity index (χ0v) is 20.4. The highest BCUT2D eigenvalue weighted by Gasteiger charge is 2.14. The fourth-order valence-electron chi connectivity index (χ4n) is 3.07. The Labute approximate surface area is 208 Å². The third-order valence-electron chi connectivity index (χ3n) is 4.75. The van der Waals surface area contributed by atoms with Crippen LogP contribution < -0.4 is 20.1 Å². The van der Waals surface area contributed by atoms with Gasteiger partial charge in [0.1, 0.15) is 0 Å². The van der Waals surface area contributed by atoms with Crippen LogP contribution in [0.5, 0.6) is 11.5 Å². The molecule has 0 radical (unpaired) electrons. The Hall–Kier alpha value is -4.05. The summed E-state index contributed by atoms with van der Waals surface area (Å²) in [6.45, 7) is 4.39. The Morgan fingerprint density at radius 1 is 1.09 bits per heavy atom. The normalized spacial score (nSPS) is 10.7. The summed E-state index contributed by atoms with van der Waals surface area (Å²) in [5, 5.41) is 14.6. The van der Waals surface area contributed by atoms with Crippen LogP contribution in [0.3, 0.4) is 0 Å². The van der Waals surface area contributed by atoms with E-state index in [1.807, 2.05) is 41.0 Å². The van der Waals surface area contributed by atoms with Gasteiger partial charge in [-0.1, -0.05) is 42.1 Å². The summed E-state index contributed by atoms with van der Waals surface area (Å²) >= 11 is 1.26. The molecule has 2 N–H and O–H groups in total. The van der Waals surface area contributed by atoms with E-state index in [1.54, 1.807) is 38.5 Å². The molecule has 35 heavy (non-hydrogen) atoms. The Morgan fingerprint density at radius 3 is 2.57 bits per heavy atom. The summed E-state index contributed by atoms with van der Waals surface area (Å²) in [6.07, 6.45) is 4.82. The van der Waals surface area contributed by atoms with Gasteiger partial charge in [0.25, 0.3) is 0 Å². The summed E-state index contributed by atoms with van der Waals surface area (Å²) in [7, 11) is 3.12. The van der Waals surface area contributed by atoms with Crippen LogP contribution in [0.4, 0.5) is 5.69 Å². The van der Waals surface area contributed by atoms with E-state index in [-0.39, 0.29) is 24.1 Å². The van der Waals surface area contributed by atoms with E-state index in [9.17, 15) is 9.59 Å². The fourth-order valence-corrected chi connectivity index (χ4v) is 3.84. The number of thioether (sulfide) groups is 1. The minimum absolute atomic E-state index is 0.149. The monoisotopic (exact) mass is 493 g/mol. The molecule has 3 aromatic rings. The van der Waals surface area contributed by atoms with Gasteiger partial charge in [0, 0.05) is 18.3 Å². The number of allylic oxidation sites excluding steroid dienone is 1. The summed E-state index contributed by atoms with van der Waals surface area (Å²) in [5.41, 5.74) is 1.52. The quantitative estimate of drug-likeness (QED) is 0.226. The van der Waals surface area contributed by atoms with Gasteiger partial charge in [0.05, 0.1) is 26.5 Å². The Balaban J connectivity index is 1.57. The van der Waals surface area contributed by atoms with E-state index in [0.29, 0.717) is 29.0 Å². The number of nitrogens with one attached hydrogen (secondary N) is 2. The predicted molar refractivity (Wildman–Crippen MR) is 136 cm³/mol. The molecule has 1 aromatic heterocycles. The fraction of sp³-hybridized carbons (Fsp3) is 0.200. The molecule has 10 heteroatoms. The standard InChI is InChI=1S/C25H27N5O4S/c1-4-14-30-22(28-29-25(30)35-17-24(32)27-19-8-6-5-7-9-19)16-26-23(31)13-11-18-10-12-20(33-2)21(15-18)34-3/h4-13,15H,1,14,16-17H2,2-3H3,(H,26,31)(H,27,32). The number of methoxy groups -OCH3 is 2. The van der Waals surface area contributed by atoms with Gasteiger partial charge in [0.15, 0.2) is 22.5 Å². The van der Waals surface area contributed by atoms with Crippen molar-refractivity contribution in [2.45, 2.75) is 18.2 Å². The van der Waals surface area contributed by atoms with Crippen molar-refractivity contribution >= 4 is 35.3 Å². The molecule has 2 aromatic carbocycles. The lowest BCUT2D eigenvalue weighted by molar-refractivity contribution is -0.116. The first-order chi connectivity index (χ1) is 17.0. The second kappa shape index (κ2) is 13.0. The van der Waals surface area contributed by atoms with Crippen LogP contribution in [0.15, 0.2) is 72.4 Å². The molecule has 0 atom stereocenters. The van der Waals surface area contributed by atoms with Crippen LogP contribution in [0, 0.1) is 0 Å². The van der Waals surface area contributed by atoms with E-state index in [2.05, 4.69) is 27.4 Å². The average Bonchev–Trinajstić information content (AvgIpc) is 3.26. The molecule has 3 rings (SSSR count). The van der Waals surface area contributed by atoms with Gasteiger partial charge in [-0.2, -0.15) is 0 Å². The Bertz CT molecular complexity index is 1190. The van der Waals surface area contributed by atoms with Crippen molar-refractivity contribution in [2.75, 3.05) is 25.3 Å². The van der Waals surface area contributed by atoms with Gasteiger partial charge in [0.2, 0.25) is 11.8 Å². The van der Waals surface area contributed by atoms with Crippen LogP contribution in [-0.4, -0.2) is 46.6 Å². The number of benzene rings is 2. The van der Waals surface area contributed by atoms with E-state index >= 15 is 0 Å². The van der Waals surface area contributed by atoms with E-state index in [1.165, 1.54) is 17.8 Å². The number of aromatic nitrogens is 3. The van der Waals surface area contributed by atoms with Gasteiger partial charge in [-0.25, -0.2) is 0 Å². The molecule has 0 bridgehead atoms. The number of rotatable bonds is 12. The predicted octanol–water partition coefficient (Wildman–Crippen LogP) is 3.54. The number of hydrogen-bond donors (Lipinski definition) is 2. The van der Waals surface area contributed by atoms with Gasteiger partial charge < -0.3 is 24.7 Å². The maximum Gasteiger partial charge on any atom is 0.244 e. The second-order valence-corrected chi connectivity index (χ2v) is 8.11. The number of ether oxygens (including phenoxy) is 2. The van der Waals surface area contributed by atoms with Crippen molar-refractivity contribution < 1.29 is 19.1 Å². The molecule has 0 spiro atoms. The third-order valence-corrected chi connectivity index (χ3v) is 5.72. The lowest BCUT2D eigenvalue weighted by Crippen LogP contribution is -2.23. The summed E-state index contributed by atoms with van der Waals surface area (Å²) < 4.78 is 12.3. The largest absolute Gasteiger partial charge is 0.493 e. The van der Waals surface area contributed by atoms with Crippen LogP contribution in [0.2, 0.25) is 0 Å². The second-order valence-electron chi connectivity index (χ2n) is 7.17. The van der Waals surface area contributed by atoms with Crippen molar-refractivity contribution in [1.29, 1.82) is 0 Å². The molecule has 2 amide bonds. The molecule has 0 saturated heterocycles. The van der Waals surface area contributed by atoms with Gasteiger partial charge in [-0.15, -0.1) is 16.8 Å². The van der Waals surface area contributed by atoms with E-state index in [4.69, 9.17) is 9.47 Å². The highest BCUT2D eigenvalue weighted by molar-refractivity contribution is 7.99. The zero-order chi connectivity index (χ0) is 25.0. The molecular formula is C25H27N5O4S. The van der Waals surface area contributed by atoms with Crippen molar-refractivity contribution in [2.24, 2.45) is 0 Å². The number of para-hydroxylation sites is 1. The Morgan fingerprint density at radius 2 is 1.86 bits per heavy atom. The molecule has 9 nitrogen and oxygen atoms in total. The van der Waals surface area contributed by atoms with E-state index in [0.717, 1.165) is 11.3 Å². The molecule has 0 saturated carbocycles. The molecular weight excluding hydrogens is 466 g/mol.